The molecular formula is C18H12N6O. The van der Waals surface area contributed by atoms with E-state index in [0.29, 0.717) is 11.3 Å². The molecule has 1 heterocycles. The Morgan fingerprint density at radius 3 is 2.48 bits per heavy atom. The van der Waals surface area contributed by atoms with Crippen molar-refractivity contribution in [1.29, 1.82) is 5.26 Å². The fraction of sp³-hybridized carbons (Fsp3) is 0.167. The lowest BCUT2D eigenvalue weighted by molar-refractivity contribution is 0.0952. The van der Waals surface area contributed by atoms with Crippen LogP contribution in [0.25, 0.3) is 26.2 Å². The third kappa shape index (κ3) is 3.51. The number of benzene rings is 1. The lowest BCUT2D eigenvalue weighted by Gasteiger charge is -2.22. The van der Waals surface area contributed by atoms with E-state index in [9.17, 15) is 0 Å². The second-order valence-electron chi connectivity index (χ2n) is 5.50. The van der Waals surface area contributed by atoms with Gasteiger partial charge in [-0.1, -0.05) is 41.5 Å². The Labute approximate surface area is 145 Å². The fourth-order valence-corrected chi connectivity index (χ4v) is 2.33. The van der Waals surface area contributed by atoms with Crippen molar-refractivity contribution in [2.45, 2.75) is 19.4 Å². The lowest BCUT2D eigenvalue weighted by atomic mass is 9.96. The van der Waals surface area contributed by atoms with Crippen molar-refractivity contribution in [3.8, 4) is 6.07 Å². The Morgan fingerprint density at radius 1 is 1.28 bits per heavy atom. The fourth-order valence-electron chi connectivity index (χ4n) is 2.33. The predicted octanol–water partition coefficient (Wildman–Crippen LogP) is 5.28. The first-order chi connectivity index (χ1) is 12.0. The molecule has 0 fully saturated rings. The normalized spacial score (nSPS) is 17.1. The number of ether oxygens (including phenoxy) is 1. The SMILES string of the molecule is [C-]#[N+]C(C#N)=C1OC(C)(C)C(C=Cc2ccc(N=[N+]=[N-])cc2)=C1[N+]#[C-]. The number of azide groups is 1. The number of hydrogen-bond acceptors (Lipinski definition) is 3. The van der Waals surface area contributed by atoms with Gasteiger partial charge in [0, 0.05) is 16.2 Å². The summed E-state index contributed by atoms with van der Waals surface area (Å²) in [5.74, 6) is 0.0239. The smallest absolute Gasteiger partial charge is 0.292 e. The van der Waals surface area contributed by atoms with E-state index in [0.717, 1.165) is 5.56 Å². The van der Waals surface area contributed by atoms with Gasteiger partial charge in [0.05, 0.1) is 19.2 Å². The van der Waals surface area contributed by atoms with E-state index >= 15 is 0 Å². The predicted molar refractivity (Wildman–Crippen MR) is 92.3 cm³/mol. The minimum atomic E-state index is -0.830. The molecule has 0 saturated carbocycles. The van der Waals surface area contributed by atoms with Crippen molar-refractivity contribution in [3.63, 3.8) is 0 Å². The molecule has 0 aliphatic carbocycles. The minimum absolute atomic E-state index is 0.0239. The number of hydrogen-bond donors (Lipinski definition) is 0. The average Bonchev–Trinajstić information content (AvgIpc) is 2.85. The Hall–Kier alpha value is -3.98. The largest absolute Gasteiger partial charge is 0.505 e. The van der Waals surface area contributed by atoms with Gasteiger partial charge in [0.25, 0.3) is 5.70 Å². The molecule has 0 amide bonds. The van der Waals surface area contributed by atoms with Crippen molar-refractivity contribution in [1.82, 2.24) is 0 Å². The molecule has 0 saturated heterocycles. The molecule has 1 aliphatic heterocycles. The molecule has 0 N–H and O–H groups in total. The first-order valence-electron chi connectivity index (χ1n) is 7.13. The average molecular weight is 328 g/mol. The van der Waals surface area contributed by atoms with Crippen LogP contribution < -0.4 is 0 Å². The Morgan fingerprint density at radius 2 is 1.96 bits per heavy atom. The summed E-state index contributed by atoms with van der Waals surface area (Å²) in [6.45, 7) is 18.0. The highest BCUT2D eigenvalue weighted by molar-refractivity contribution is 5.62. The summed E-state index contributed by atoms with van der Waals surface area (Å²) in [4.78, 5) is 9.31. The molecule has 2 rings (SSSR count). The number of nitrogens with zero attached hydrogens (tertiary/aromatic N) is 6. The van der Waals surface area contributed by atoms with Gasteiger partial charge in [0.15, 0.2) is 0 Å². The van der Waals surface area contributed by atoms with Gasteiger partial charge in [0.1, 0.15) is 11.4 Å². The molecule has 1 aromatic rings. The maximum atomic E-state index is 9.05. The van der Waals surface area contributed by atoms with Crippen LogP contribution in [0.15, 0.2) is 58.2 Å². The van der Waals surface area contributed by atoms with E-state index in [-0.39, 0.29) is 17.2 Å². The quantitative estimate of drug-likeness (QED) is 0.248. The number of allylic oxidation sites excluding steroid dienone is 1. The van der Waals surface area contributed by atoms with E-state index in [1.807, 2.05) is 0 Å². The van der Waals surface area contributed by atoms with E-state index in [4.69, 9.17) is 28.7 Å². The van der Waals surface area contributed by atoms with Crippen molar-refractivity contribution >= 4 is 11.8 Å². The Bertz CT molecular complexity index is 952. The van der Waals surface area contributed by atoms with Gasteiger partial charge in [0.2, 0.25) is 5.70 Å². The van der Waals surface area contributed by atoms with Crippen LogP contribution in [0.3, 0.4) is 0 Å². The molecule has 7 nitrogen and oxygen atoms in total. The number of nitriles is 1. The van der Waals surface area contributed by atoms with Crippen molar-refractivity contribution in [2.75, 3.05) is 0 Å². The van der Waals surface area contributed by atoms with E-state index in [1.165, 1.54) is 0 Å². The first kappa shape index (κ1) is 17.4. The summed E-state index contributed by atoms with van der Waals surface area (Å²) in [5.41, 5.74) is 9.45. The summed E-state index contributed by atoms with van der Waals surface area (Å²) < 4.78 is 5.70. The highest BCUT2D eigenvalue weighted by atomic mass is 16.5. The minimum Gasteiger partial charge on any atom is -0.505 e. The molecule has 120 valence electrons. The summed E-state index contributed by atoms with van der Waals surface area (Å²) in [5, 5.41) is 12.6. The zero-order valence-corrected chi connectivity index (χ0v) is 13.6. The van der Waals surface area contributed by atoms with Gasteiger partial charge in [-0.15, -0.1) is 0 Å². The van der Waals surface area contributed by atoms with Gasteiger partial charge in [-0.05, 0) is 24.9 Å². The van der Waals surface area contributed by atoms with Gasteiger partial charge in [-0.2, -0.15) is 0 Å². The molecule has 0 spiro atoms. The molecule has 0 bridgehead atoms. The van der Waals surface area contributed by atoms with E-state index in [1.54, 1.807) is 56.3 Å². The van der Waals surface area contributed by atoms with Gasteiger partial charge >= 0.3 is 0 Å². The van der Waals surface area contributed by atoms with Crippen LogP contribution in [0.5, 0.6) is 0 Å². The first-order valence-corrected chi connectivity index (χ1v) is 7.13. The lowest BCUT2D eigenvalue weighted by Crippen LogP contribution is -2.20. The Kier molecular flexibility index (Phi) is 4.91. The summed E-state index contributed by atoms with van der Waals surface area (Å²) in [6.07, 6.45) is 3.53. The maximum Gasteiger partial charge on any atom is 0.292 e. The molecule has 25 heavy (non-hydrogen) atoms. The molecule has 0 atom stereocenters. The highest BCUT2D eigenvalue weighted by Crippen LogP contribution is 2.41. The molecule has 1 aliphatic rings. The number of rotatable bonds is 3. The zero-order chi connectivity index (χ0) is 18.4. The molecule has 7 heteroatoms. The summed E-state index contributed by atoms with van der Waals surface area (Å²) >= 11 is 0. The van der Waals surface area contributed by atoms with Crippen LogP contribution in [-0.2, 0) is 4.74 Å². The van der Waals surface area contributed by atoms with Crippen LogP contribution >= 0.6 is 0 Å². The van der Waals surface area contributed by atoms with Crippen LogP contribution in [0.2, 0.25) is 0 Å². The van der Waals surface area contributed by atoms with E-state index < -0.39 is 5.60 Å². The van der Waals surface area contributed by atoms with E-state index in [2.05, 4.69) is 19.7 Å². The molecule has 0 unspecified atom stereocenters. The monoisotopic (exact) mass is 328 g/mol. The van der Waals surface area contributed by atoms with Crippen LogP contribution in [0.1, 0.15) is 19.4 Å². The van der Waals surface area contributed by atoms with Crippen LogP contribution in [0, 0.1) is 24.5 Å². The second kappa shape index (κ2) is 7.06. The highest BCUT2D eigenvalue weighted by Gasteiger charge is 2.38. The zero-order valence-electron chi connectivity index (χ0n) is 13.6. The Balaban J connectivity index is 2.48. The van der Waals surface area contributed by atoms with Gasteiger partial charge in [-0.25, -0.2) is 15.0 Å². The molecule has 0 radical (unpaired) electrons. The second-order valence-corrected chi connectivity index (χ2v) is 5.50. The van der Waals surface area contributed by atoms with Gasteiger partial charge < -0.3 is 4.74 Å². The topological polar surface area (TPSA) is 90.5 Å². The van der Waals surface area contributed by atoms with Crippen molar-refractivity contribution < 1.29 is 4.74 Å². The van der Waals surface area contributed by atoms with Crippen LogP contribution in [0.4, 0.5) is 5.69 Å². The summed E-state index contributed by atoms with van der Waals surface area (Å²) in [6, 6.07) is 8.68. The van der Waals surface area contributed by atoms with Crippen molar-refractivity contribution in [2.24, 2.45) is 5.11 Å². The molecule has 0 aromatic heterocycles. The summed E-state index contributed by atoms with van der Waals surface area (Å²) in [7, 11) is 0. The maximum absolute atomic E-state index is 9.05. The van der Waals surface area contributed by atoms with Crippen LogP contribution in [-0.4, -0.2) is 5.60 Å². The third-order valence-corrected chi connectivity index (χ3v) is 3.52. The van der Waals surface area contributed by atoms with Crippen molar-refractivity contribution in [3.05, 3.63) is 91.9 Å². The standard InChI is InChI=1S/C18H12N6O/c1-18(2)14(16(22-4)17(25-18)15(11-19)21-3)10-7-12-5-8-13(9-6-12)23-24-20/h5-10H,1-2H3. The molecular weight excluding hydrogens is 316 g/mol. The molecule has 1 aromatic carbocycles. The third-order valence-electron chi connectivity index (χ3n) is 3.52. The van der Waals surface area contributed by atoms with Gasteiger partial charge in [-0.3, -0.25) is 0 Å².